The molecule has 0 fully saturated rings. The maximum atomic E-state index is 10.2. The number of aliphatic hydroxyl groups excluding tert-OH is 2. The molecule has 2 nitrogen and oxygen atoms in total. The van der Waals surface area contributed by atoms with Gasteiger partial charge in [0, 0.05) is 17.2 Å². The second kappa shape index (κ2) is 7.48. The highest BCUT2D eigenvalue weighted by Crippen LogP contribution is 2.21. The van der Waals surface area contributed by atoms with Gasteiger partial charge in [0.05, 0.1) is 17.6 Å². The summed E-state index contributed by atoms with van der Waals surface area (Å²) in [5.41, 5.74) is 0.844. The number of hydrogen-bond donors (Lipinski definition) is 2. The predicted octanol–water partition coefficient (Wildman–Crippen LogP) is 2.44. The monoisotopic (exact) mass is 280 g/mol. The van der Waals surface area contributed by atoms with Crippen LogP contribution in [0, 0.1) is 0 Å². The van der Waals surface area contributed by atoms with Crippen molar-refractivity contribution in [2.45, 2.75) is 18.4 Å². The van der Waals surface area contributed by atoms with E-state index in [2.05, 4.69) is 6.58 Å². The highest BCUT2D eigenvalue weighted by molar-refractivity contribution is 7.89. The summed E-state index contributed by atoms with van der Waals surface area (Å²) in [6.07, 6.45) is 1.18. The molecule has 0 heterocycles. The number of allylic oxidation sites excluding steroid dienone is 1. The van der Waals surface area contributed by atoms with Crippen LogP contribution in [0.15, 0.2) is 43.0 Å². The molecular formula is C14H16O2S2. The highest BCUT2D eigenvalue weighted by Gasteiger charge is 2.25. The van der Waals surface area contributed by atoms with Gasteiger partial charge >= 0.3 is 0 Å². The van der Waals surface area contributed by atoms with Crippen molar-refractivity contribution >= 4 is 34.2 Å². The molecule has 1 rings (SSSR count). The first-order valence-electron chi connectivity index (χ1n) is 5.63. The van der Waals surface area contributed by atoms with Crippen LogP contribution in [0.5, 0.6) is 0 Å². The zero-order valence-electron chi connectivity index (χ0n) is 9.95. The van der Waals surface area contributed by atoms with Crippen molar-refractivity contribution in [3.8, 4) is 0 Å². The maximum Gasteiger partial charge on any atom is 0.0991 e. The van der Waals surface area contributed by atoms with E-state index in [1.54, 1.807) is 6.08 Å². The average molecular weight is 280 g/mol. The lowest BCUT2D eigenvalue weighted by atomic mass is 9.91. The van der Waals surface area contributed by atoms with E-state index in [1.807, 2.05) is 30.3 Å². The van der Waals surface area contributed by atoms with E-state index in [9.17, 15) is 10.2 Å². The quantitative estimate of drug-likeness (QED) is 0.594. The predicted molar refractivity (Wildman–Crippen MR) is 82.3 cm³/mol. The summed E-state index contributed by atoms with van der Waals surface area (Å²) in [5.74, 6) is -0.443. The lowest BCUT2D eigenvalue weighted by molar-refractivity contribution is 0.158. The van der Waals surface area contributed by atoms with Gasteiger partial charge in [0.25, 0.3) is 0 Å². The van der Waals surface area contributed by atoms with Crippen molar-refractivity contribution in [1.82, 2.24) is 0 Å². The van der Waals surface area contributed by atoms with Crippen molar-refractivity contribution in [2.75, 3.05) is 6.61 Å². The molecule has 2 N–H and O–H groups in total. The van der Waals surface area contributed by atoms with Crippen LogP contribution in [0.25, 0.3) is 0 Å². The molecule has 0 aromatic heterocycles. The average Bonchev–Trinajstić information content (AvgIpc) is 2.40. The Labute approximate surface area is 118 Å². The Bertz CT molecular complexity index is 429. The van der Waals surface area contributed by atoms with Crippen LogP contribution in [0.4, 0.5) is 0 Å². The van der Waals surface area contributed by atoms with Gasteiger partial charge in [-0.2, -0.15) is 0 Å². The van der Waals surface area contributed by atoms with Crippen LogP contribution in [-0.4, -0.2) is 32.7 Å². The van der Waals surface area contributed by atoms with E-state index in [-0.39, 0.29) is 6.61 Å². The molecule has 1 aromatic rings. The summed E-state index contributed by atoms with van der Waals surface area (Å²) in [5, 5.41) is 19.6. The summed E-state index contributed by atoms with van der Waals surface area (Å²) in [6.45, 7) is 3.41. The van der Waals surface area contributed by atoms with Gasteiger partial charge < -0.3 is 10.2 Å². The van der Waals surface area contributed by atoms with Gasteiger partial charge in [-0.3, -0.25) is 0 Å². The smallest absolute Gasteiger partial charge is 0.0991 e. The Hall–Kier alpha value is -0.940. The minimum Gasteiger partial charge on any atom is -0.396 e. The second-order valence-corrected chi connectivity index (χ2v) is 4.86. The molecule has 2 unspecified atom stereocenters. The third-order valence-electron chi connectivity index (χ3n) is 2.68. The Morgan fingerprint density at radius 1 is 1.28 bits per heavy atom. The van der Waals surface area contributed by atoms with Crippen LogP contribution in [0.2, 0.25) is 0 Å². The van der Waals surface area contributed by atoms with Crippen LogP contribution in [0.1, 0.15) is 17.9 Å². The van der Waals surface area contributed by atoms with Gasteiger partial charge in [0.1, 0.15) is 0 Å². The SMILES string of the molecule is C=CCC(=S)C(=S)C(O)C(CO)c1ccccc1. The number of aliphatic hydroxyl groups is 2. The second-order valence-electron chi connectivity index (χ2n) is 3.92. The standard InChI is InChI=1S/C14H16O2S2/c1-2-6-12(17)14(18)13(16)11(9-15)10-7-4-3-5-8-10/h2-5,7-8,11,13,15-16H,1,6,9H2. The fraction of sp³-hybridized carbons (Fsp3) is 0.286. The molecule has 0 radical (unpaired) electrons. The molecule has 1 aromatic carbocycles. The molecule has 96 valence electrons. The molecule has 0 aliphatic rings. The Morgan fingerprint density at radius 2 is 1.89 bits per heavy atom. The zero-order valence-corrected chi connectivity index (χ0v) is 11.6. The first-order chi connectivity index (χ1) is 8.61. The van der Waals surface area contributed by atoms with Gasteiger partial charge in [-0.25, -0.2) is 0 Å². The molecule has 0 aliphatic carbocycles. The molecular weight excluding hydrogens is 264 g/mol. The summed E-state index contributed by atoms with van der Waals surface area (Å²) in [6, 6.07) is 9.29. The Balaban J connectivity index is 2.86. The number of thiocarbonyl (C=S) groups is 2. The van der Waals surface area contributed by atoms with E-state index < -0.39 is 12.0 Å². The number of benzene rings is 1. The number of hydrogen-bond acceptors (Lipinski definition) is 4. The summed E-state index contributed by atoms with van der Waals surface area (Å²) >= 11 is 10.3. The lowest BCUT2D eigenvalue weighted by Gasteiger charge is -2.22. The fourth-order valence-electron chi connectivity index (χ4n) is 1.67. The zero-order chi connectivity index (χ0) is 13.5. The van der Waals surface area contributed by atoms with Crippen LogP contribution in [-0.2, 0) is 0 Å². The van der Waals surface area contributed by atoms with Gasteiger partial charge in [-0.05, 0) is 5.56 Å². The first-order valence-corrected chi connectivity index (χ1v) is 6.45. The van der Waals surface area contributed by atoms with Crippen LogP contribution >= 0.6 is 24.4 Å². The van der Waals surface area contributed by atoms with E-state index in [0.717, 1.165) is 5.56 Å². The molecule has 0 bridgehead atoms. The van der Waals surface area contributed by atoms with E-state index in [1.165, 1.54) is 0 Å². The third kappa shape index (κ3) is 3.78. The van der Waals surface area contributed by atoms with Crippen molar-refractivity contribution < 1.29 is 10.2 Å². The van der Waals surface area contributed by atoms with Crippen LogP contribution in [0.3, 0.4) is 0 Å². The molecule has 0 aliphatic heterocycles. The Morgan fingerprint density at radius 3 is 2.39 bits per heavy atom. The summed E-state index contributed by atoms with van der Waals surface area (Å²) < 4.78 is 0. The van der Waals surface area contributed by atoms with E-state index >= 15 is 0 Å². The van der Waals surface area contributed by atoms with Crippen molar-refractivity contribution in [1.29, 1.82) is 0 Å². The topological polar surface area (TPSA) is 40.5 Å². The number of rotatable bonds is 7. The third-order valence-corrected chi connectivity index (χ3v) is 3.68. The van der Waals surface area contributed by atoms with Crippen LogP contribution < -0.4 is 0 Å². The van der Waals surface area contributed by atoms with Gasteiger partial charge in [0.2, 0.25) is 0 Å². The molecule has 4 heteroatoms. The minimum absolute atomic E-state index is 0.179. The van der Waals surface area contributed by atoms with E-state index in [4.69, 9.17) is 24.4 Å². The Kier molecular flexibility index (Phi) is 6.29. The van der Waals surface area contributed by atoms with E-state index in [0.29, 0.717) is 16.1 Å². The fourth-order valence-corrected chi connectivity index (χ4v) is 2.15. The maximum absolute atomic E-state index is 10.2. The molecule has 0 amide bonds. The lowest BCUT2D eigenvalue weighted by Crippen LogP contribution is -2.33. The largest absolute Gasteiger partial charge is 0.396 e. The normalized spacial score (nSPS) is 13.7. The van der Waals surface area contributed by atoms with Crippen molar-refractivity contribution in [3.63, 3.8) is 0 Å². The van der Waals surface area contributed by atoms with Gasteiger partial charge in [-0.15, -0.1) is 6.58 Å². The highest BCUT2D eigenvalue weighted by atomic mass is 32.1. The summed E-state index contributed by atoms with van der Waals surface area (Å²) in [7, 11) is 0. The van der Waals surface area contributed by atoms with Gasteiger partial charge in [-0.1, -0.05) is 60.8 Å². The van der Waals surface area contributed by atoms with Crippen molar-refractivity contribution in [2.24, 2.45) is 0 Å². The first kappa shape index (κ1) is 15.1. The molecule has 0 saturated heterocycles. The molecule has 0 saturated carbocycles. The summed E-state index contributed by atoms with van der Waals surface area (Å²) in [4.78, 5) is 0.815. The molecule has 18 heavy (non-hydrogen) atoms. The van der Waals surface area contributed by atoms with Gasteiger partial charge in [0.15, 0.2) is 0 Å². The van der Waals surface area contributed by atoms with Crippen molar-refractivity contribution in [3.05, 3.63) is 48.6 Å². The molecule has 2 atom stereocenters. The molecule has 0 spiro atoms. The minimum atomic E-state index is -0.945.